The number of rotatable bonds is 10. The highest BCUT2D eigenvalue weighted by Gasteiger charge is 2.33. The molecule has 18 heteroatoms. The van der Waals surface area contributed by atoms with E-state index in [-0.39, 0.29) is 33.3 Å². The highest BCUT2D eigenvalue weighted by molar-refractivity contribution is 7.91. The predicted octanol–water partition coefficient (Wildman–Crippen LogP) is 8.11. The van der Waals surface area contributed by atoms with Crippen molar-refractivity contribution in [2.24, 2.45) is 25.6 Å². The zero-order chi connectivity index (χ0) is 39.5. The number of hydrogen-bond donors (Lipinski definition) is 5. The summed E-state index contributed by atoms with van der Waals surface area (Å²) in [5, 5.41) is 23.7. The number of ketones is 1. The normalized spacial score (nSPS) is 13.9. The summed E-state index contributed by atoms with van der Waals surface area (Å²) in [6.45, 7) is 3.66. The maximum Gasteiger partial charge on any atom is 0.296 e. The second kappa shape index (κ2) is 15.3. The maximum absolute atomic E-state index is 13.3. The molecule has 0 fully saturated rings. The summed E-state index contributed by atoms with van der Waals surface area (Å²) in [5.41, 5.74) is 13.1. The number of benzene rings is 5. The standard InChI is InChI=1S/C37H30N8O8S2/c1-21-17-25(38)5-15-32(21)43-40-26-6-3-23(4-7-26)37(47)39-28-11-16-33(22(2)18-28)44-42-29-10-14-31-24(19-29)20-34(55(51,52)53)35(36(31)46)45-41-27-8-12-30(13-9-27)54(48,49)50/h3-20,41H,38H2,1-2H3,(H,39,47)(H,48,49,50)(H,51,52,53)/b43-40?,44-42?,45-35-. The first-order chi connectivity index (χ1) is 26.0. The highest BCUT2D eigenvalue weighted by Crippen LogP contribution is 2.31. The van der Waals surface area contributed by atoms with Crippen LogP contribution in [0.5, 0.6) is 0 Å². The molecule has 278 valence electrons. The molecule has 0 aliphatic heterocycles. The molecule has 0 bridgehead atoms. The molecular formula is C37H30N8O8S2. The number of nitrogen functional groups attached to an aromatic ring is 1. The number of hydrazone groups is 1. The number of azo groups is 2. The molecule has 16 nitrogen and oxygen atoms in total. The number of nitrogens with two attached hydrogens (primary N) is 1. The van der Waals surface area contributed by atoms with E-state index in [1.165, 1.54) is 30.3 Å². The summed E-state index contributed by atoms with van der Waals surface area (Å²) < 4.78 is 66.2. The van der Waals surface area contributed by atoms with Gasteiger partial charge < -0.3 is 11.1 Å². The zero-order valence-corrected chi connectivity index (χ0v) is 30.5. The van der Waals surface area contributed by atoms with E-state index in [4.69, 9.17) is 10.3 Å². The lowest BCUT2D eigenvalue weighted by Crippen LogP contribution is -2.27. The Morgan fingerprint density at radius 3 is 1.89 bits per heavy atom. The number of anilines is 3. The van der Waals surface area contributed by atoms with Gasteiger partial charge in [0.25, 0.3) is 26.1 Å². The average molecular weight is 779 g/mol. The van der Waals surface area contributed by atoms with E-state index in [2.05, 4.69) is 36.3 Å². The fourth-order valence-electron chi connectivity index (χ4n) is 5.25. The van der Waals surface area contributed by atoms with E-state index in [0.717, 1.165) is 23.8 Å². The van der Waals surface area contributed by atoms with Gasteiger partial charge in [0.05, 0.1) is 33.3 Å². The molecule has 1 aliphatic rings. The number of nitrogens with zero attached hydrogens (tertiary/aromatic N) is 5. The van der Waals surface area contributed by atoms with E-state index < -0.39 is 36.6 Å². The smallest absolute Gasteiger partial charge is 0.296 e. The monoisotopic (exact) mass is 778 g/mol. The number of amides is 1. The van der Waals surface area contributed by atoms with E-state index in [9.17, 15) is 31.0 Å². The fraction of sp³-hybridized carbons (Fsp3) is 0.0541. The molecule has 0 spiro atoms. The molecule has 0 heterocycles. The van der Waals surface area contributed by atoms with E-state index >= 15 is 0 Å². The zero-order valence-electron chi connectivity index (χ0n) is 28.9. The molecule has 55 heavy (non-hydrogen) atoms. The average Bonchev–Trinajstić information content (AvgIpc) is 3.13. The van der Waals surface area contributed by atoms with Crippen LogP contribution in [0.4, 0.5) is 39.8 Å². The second-order valence-corrected chi connectivity index (χ2v) is 14.9. The Kier molecular flexibility index (Phi) is 10.6. The van der Waals surface area contributed by atoms with Crippen LogP contribution in [0.15, 0.2) is 138 Å². The van der Waals surface area contributed by atoms with Crippen molar-refractivity contribution in [1.29, 1.82) is 0 Å². The Morgan fingerprint density at radius 1 is 0.673 bits per heavy atom. The van der Waals surface area contributed by atoms with Crippen molar-refractivity contribution in [3.63, 3.8) is 0 Å². The van der Waals surface area contributed by atoms with Crippen LogP contribution in [0.3, 0.4) is 0 Å². The third kappa shape index (κ3) is 9.08. The van der Waals surface area contributed by atoms with Crippen LogP contribution in [0.1, 0.15) is 37.4 Å². The van der Waals surface area contributed by atoms with Gasteiger partial charge in [0, 0.05) is 22.5 Å². The topological polar surface area (TPSA) is 255 Å². The molecule has 0 saturated carbocycles. The number of hydrogen-bond acceptors (Lipinski definition) is 13. The van der Waals surface area contributed by atoms with Crippen LogP contribution in [0.2, 0.25) is 0 Å². The molecule has 5 aromatic carbocycles. The predicted molar refractivity (Wildman–Crippen MR) is 207 cm³/mol. The van der Waals surface area contributed by atoms with Crippen LogP contribution < -0.4 is 16.5 Å². The first kappa shape index (κ1) is 38.0. The number of carbonyl (C=O) groups excluding carboxylic acids is 2. The molecule has 0 atom stereocenters. The van der Waals surface area contributed by atoms with E-state index in [1.54, 1.807) is 67.6 Å². The number of fused-ring (bicyclic) bond motifs is 1. The largest absolute Gasteiger partial charge is 0.399 e. The first-order valence-electron chi connectivity index (χ1n) is 16.1. The van der Waals surface area contributed by atoms with E-state index in [1.807, 2.05) is 6.92 Å². The van der Waals surface area contributed by atoms with Gasteiger partial charge in [-0.2, -0.15) is 42.4 Å². The Hall–Kier alpha value is -6.73. The molecular weight excluding hydrogens is 749 g/mol. The minimum atomic E-state index is -4.94. The molecule has 0 aromatic heterocycles. The first-order valence-corrected chi connectivity index (χ1v) is 18.9. The Labute approximate surface area is 314 Å². The van der Waals surface area contributed by atoms with Gasteiger partial charge in [-0.1, -0.05) is 0 Å². The van der Waals surface area contributed by atoms with E-state index in [0.29, 0.717) is 39.6 Å². The van der Waals surface area contributed by atoms with Crippen molar-refractivity contribution in [1.82, 2.24) is 0 Å². The van der Waals surface area contributed by atoms with Crippen LogP contribution in [0.25, 0.3) is 6.08 Å². The summed E-state index contributed by atoms with van der Waals surface area (Å²) in [7, 11) is -9.39. The lowest BCUT2D eigenvalue weighted by atomic mass is 9.94. The van der Waals surface area contributed by atoms with Crippen LogP contribution in [-0.2, 0) is 20.2 Å². The number of nitrogens with one attached hydrogen (secondary N) is 2. The van der Waals surface area contributed by atoms with Crippen molar-refractivity contribution < 1.29 is 35.5 Å². The van der Waals surface area contributed by atoms with Gasteiger partial charge in [-0.15, -0.1) is 0 Å². The third-order valence-electron chi connectivity index (χ3n) is 8.09. The number of carbonyl (C=O) groups is 2. The molecule has 0 saturated heterocycles. The van der Waals surface area contributed by atoms with Gasteiger partial charge in [0.2, 0.25) is 5.78 Å². The maximum atomic E-state index is 13.3. The SMILES string of the molecule is Cc1cc(N)ccc1N=Nc1ccc(C(=O)Nc2ccc(N=Nc3ccc4c(c3)C=C(S(=O)(=O)O)/C(=N/Nc3ccc(S(=O)(=O)O)cc3)C4=O)c(C)c2)cc1. The molecule has 6 N–H and O–H groups in total. The van der Waals surface area contributed by atoms with Crippen LogP contribution in [0, 0.1) is 13.8 Å². The van der Waals surface area contributed by atoms with Gasteiger partial charge in [0.1, 0.15) is 4.91 Å². The van der Waals surface area contributed by atoms with Gasteiger partial charge in [0.15, 0.2) is 5.71 Å². The summed E-state index contributed by atoms with van der Waals surface area (Å²) in [6.07, 6.45) is 1.07. The Bertz CT molecular complexity index is 2710. The van der Waals surface area contributed by atoms with Crippen molar-refractivity contribution in [3.8, 4) is 0 Å². The molecule has 1 amide bonds. The molecule has 1 aliphatic carbocycles. The lowest BCUT2D eigenvalue weighted by Gasteiger charge is -2.16. The number of allylic oxidation sites excluding steroid dienone is 1. The molecule has 0 radical (unpaired) electrons. The van der Waals surface area contributed by atoms with Crippen LogP contribution >= 0.6 is 0 Å². The molecule has 5 aromatic rings. The van der Waals surface area contributed by atoms with Crippen molar-refractivity contribution >= 4 is 83.5 Å². The highest BCUT2D eigenvalue weighted by atomic mass is 32.2. The second-order valence-electron chi connectivity index (χ2n) is 12.1. The lowest BCUT2D eigenvalue weighted by molar-refractivity contribution is 0.102. The van der Waals surface area contributed by atoms with Gasteiger partial charge in [-0.3, -0.25) is 24.1 Å². The number of aryl methyl sites for hydroxylation is 2. The van der Waals surface area contributed by atoms with Gasteiger partial charge >= 0.3 is 0 Å². The summed E-state index contributed by atoms with van der Waals surface area (Å²) in [4.78, 5) is 25.1. The van der Waals surface area contributed by atoms with Gasteiger partial charge in [-0.05, 0) is 140 Å². The quantitative estimate of drug-likeness (QED) is 0.0394. The molecule has 6 rings (SSSR count). The Balaban J connectivity index is 1.13. The fourth-order valence-corrected chi connectivity index (χ4v) is 6.39. The van der Waals surface area contributed by atoms with Crippen molar-refractivity contribution in [2.45, 2.75) is 18.7 Å². The third-order valence-corrected chi connectivity index (χ3v) is 9.83. The Morgan fingerprint density at radius 2 is 1.27 bits per heavy atom. The number of Topliss-reactive ketones (excluding diaryl/α,β-unsaturated/α-hetero) is 1. The van der Waals surface area contributed by atoms with Crippen molar-refractivity contribution in [3.05, 3.63) is 136 Å². The minimum Gasteiger partial charge on any atom is -0.399 e. The summed E-state index contributed by atoms with van der Waals surface area (Å²) >= 11 is 0. The minimum absolute atomic E-state index is 0.0668. The summed E-state index contributed by atoms with van der Waals surface area (Å²) in [6, 6.07) is 25.9. The van der Waals surface area contributed by atoms with Crippen LogP contribution in [-0.4, -0.2) is 43.3 Å². The molecule has 0 unspecified atom stereocenters. The van der Waals surface area contributed by atoms with Gasteiger partial charge in [-0.25, -0.2) is 0 Å². The van der Waals surface area contributed by atoms with Crippen molar-refractivity contribution in [2.75, 3.05) is 16.5 Å². The summed E-state index contributed by atoms with van der Waals surface area (Å²) in [5.74, 6) is -1.17.